The second-order valence-electron chi connectivity index (χ2n) is 4.49. The van der Waals surface area contributed by atoms with Crippen LogP contribution in [0.1, 0.15) is 10.5 Å². The highest BCUT2D eigenvalue weighted by molar-refractivity contribution is 5.98. The summed E-state index contributed by atoms with van der Waals surface area (Å²) in [5.41, 5.74) is 7.15. The molecule has 3 N–H and O–H groups in total. The number of carbonyl (C=O) groups is 1. The third kappa shape index (κ3) is 2.22. The van der Waals surface area contributed by atoms with Gasteiger partial charge in [0.25, 0.3) is 5.91 Å². The second-order valence-corrected chi connectivity index (χ2v) is 4.49. The van der Waals surface area contributed by atoms with Crippen LogP contribution in [0.3, 0.4) is 0 Å². The lowest BCUT2D eigenvalue weighted by Crippen LogP contribution is -2.44. The van der Waals surface area contributed by atoms with Gasteiger partial charge in [0.05, 0.1) is 11.0 Å². The quantitative estimate of drug-likeness (QED) is 0.799. The standard InChI is InChI=1S/C13H15N5O/c14-12(19)11-13(18-7-5-15-6-8-18)17-10-4-2-1-3-9(10)16-11/h1-4,15H,5-8H2,(H2,14,19). The largest absolute Gasteiger partial charge is 0.364 e. The Morgan fingerprint density at radius 3 is 2.42 bits per heavy atom. The maximum Gasteiger partial charge on any atom is 0.271 e. The predicted octanol–water partition coefficient (Wildman–Crippen LogP) is 0.138. The number of rotatable bonds is 2. The van der Waals surface area contributed by atoms with Crippen LogP contribution < -0.4 is 16.0 Å². The molecule has 1 aliphatic heterocycles. The summed E-state index contributed by atoms with van der Waals surface area (Å²) < 4.78 is 0. The van der Waals surface area contributed by atoms with Gasteiger partial charge >= 0.3 is 0 Å². The van der Waals surface area contributed by atoms with Crippen LogP contribution in [0, 0.1) is 0 Å². The van der Waals surface area contributed by atoms with Crippen LogP contribution in [0.2, 0.25) is 0 Å². The number of carbonyl (C=O) groups excluding carboxylic acids is 1. The number of nitrogens with two attached hydrogens (primary N) is 1. The summed E-state index contributed by atoms with van der Waals surface area (Å²) in [6, 6.07) is 7.49. The number of fused-ring (bicyclic) bond motifs is 1. The van der Waals surface area contributed by atoms with E-state index in [1.807, 2.05) is 24.3 Å². The molecule has 0 radical (unpaired) electrons. The molecule has 6 heteroatoms. The van der Waals surface area contributed by atoms with Crippen LogP contribution in [0.5, 0.6) is 0 Å². The Hall–Kier alpha value is -2.21. The summed E-state index contributed by atoms with van der Waals surface area (Å²) in [5.74, 6) is 0.0551. The minimum absolute atomic E-state index is 0.251. The number of hydrogen-bond acceptors (Lipinski definition) is 5. The van der Waals surface area contributed by atoms with E-state index < -0.39 is 5.91 Å². The van der Waals surface area contributed by atoms with Crippen molar-refractivity contribution in [1.82, 2.24) is 15.3 Å². The van der Waals surface area contributed by atoms with Crippen LogP contribution in [0.15, 0.2) is 24.3 Å². The molecule has 1 saturated heterocycles. The van der Waals surface area contributed by atoms with Gasteiger partial charge in [-0.25, -0.2) is 9.97 Å². The van der Waals surface area contributed by atoms with Gasteiger partial charge in [0.1, 0.15) is 0 Å². The third-order valence-corrected chi connectivity index (χ3v) is 3.20. The Balaban J connectivity index is 2.14. The minimum Gasteiger partial charge on any atom is -0.364 e. The smallest absolute Gasteiger partial charge is 0.271 e. The first-order chi connectivity index (χ1) is 9.25. The van der Waals surface area contributed by atoms with Crippen LogP contribution in [-0.2, 0) is 0 Å². The molecule has 3 rings (SSSR count). The predicted molar refractivity (Wildman–Crippen MR) is 73.1 cm³/mol. The molecule has 98 valence electrons. The Morgan fingerprint density at radius 2 is 1.79 bits per heavy atom. The molecule has 0 aliphatic carbocycles. The zero-order valence-electron chi connectivity index (χ0n) is 10.5. The van der Waals surface area contributed by atoms with Crippen molar-refractivity contribution < 1.29 is 4.79 Å². The average Bonchev–Trinajstić information content (AvgIpc) is 2.46. The molecular formula is C13H15N5O. The molecule has 1 amide bonds. The molecular weight excluding hydrogens is 242 g/mol. The van der Waals surface area contributed by atoms with Gasteiger partial charge in [-0.15, -0.1) is 0 Å². The van der Waals surface area contributed by atoms with Crippen LogP contribution in [0.4, 0.5) is 5.82 Å². The molecule has 2 heterocycles. The minimum atomic E-state index is -0.535. The van der Waals surface area contributed by atoms with Crippen molar-refractivity contribution in [3.8, 4) is 0 Å². The highest BCUT2D eigenvalue weighted by atomic mass is 16.1. The number of benzene rings is 1. The van der Waals surface area contributed by atoms with E-state index in [0.29, 0.717) is 11.3 Å². The van der Waals surface area contributed by atoms with Gasteiger partial charge in [-0.3, -0.25) is 4.79 Å². The molecule has 0 atom stereocenters. The number of hydrogen-bond donors (Lipinski definition) is 2. The van der Waals surface area contributed by atoms with E-state index >= 15 is 0 Å². The fraction of sp³-hybridized carbons (Fsp3) is 0.308. The van der Waals surface area contributed by atoms with Gasteiger partial charge in [-0.1, -0.05) is 12.1 Å². The number of amides is 1. The van der Waals surface area contributed by atoms with E-state index in [-0.39, 0.29) is 5.69 Å². The highest BCUT2D eigenvalue weighted by Gasteiger charge is 2.20. The zero-order valence-corrected chi connectivity index (χ0v) is 10.5. The van der Waals surface area contributed by atoms with Crippen LogP contribution in [-0.4, -0.2) is 42.1 Å². The summed E-state index contributed by atoms with van der Waals surface area (Å²) in [6.45, 7) is 3.33. The fourth-order valence-corrected chi connectivity index (χ4v) is 2.25. The fourth-order valence-electron chi connectivity index (χ4n) is 2.25. The monoisotopic (exact) mass is 257 g/mol. The Kier molecular flexibility index (Phi) is 3.00. The molecule has 0 saturated carbocycles. The number of aromatic nitrogens is 2. The number of nitrogens with one attached hydrogen (secondary N) is 1. The van der Waals surface area contributed by atoms with Gasteiger partial charge in [-0.2, -0.15) is 0 Å². The third-order valence-electron chi connectivity index (χ3n) is 3.20. The van der Waals surface area contributed by atoms with Crippen molar-refractivity contribution in [2.75, 3.05) is 31.1 Å². The molecule has 6 nitrogen and oxygen atoms in total. The van der Waals surface area contributed by atoms with Crippen LogP contribution >= 0.6 is 0 Å². The van der Waals surface area contributed by atoms with Crippen LogP contribution in [0.25, 0.3) is 11.0 Å². The highest BCUT2D eigenvalue weighted by Crippen LogP contribution is 2.20. The van der Waals surface area contributed by atoms with Gasteiger partial charge in [0.15, 0.2) is 11.5 Å². The summed E-state index contributed by atoms with van der Waals surface area (Å²) in [7, 11) is 0. The number of piperazine rings is 1. The molecule has 1 fully saturated rings. The number of para-hydroxylation sites is 2. The van der Waals surface area contributed by atoms with E-state index in [1.165, 1.54) is 0 Å². The Labute approximate surface area is 110 Å². The van der Waals surface area contributed by atoms with Crippen molar-refractivity contribution >= 4 is 22.8 Å². The molecule has 1 aromatic carbocycles. The van der Waals surface area contributed by atoms with Gasteiger partial charge in [-0.05, 0) is 12.1 Å². The van der Waals surface area contributed by atoms with Crippen molar-refractivity contribution in [2.24, 2.45) is 5.73 Å². The lowest BCUT2D eigenvalue weighted by atomic mass is 10.2. The van der Waals surface area contributed by atoms with Gasteiger partial charge in [0.2, 0.25) is 0 Å². The Morgan fingerprint density at radius 1 is 1.16 bits per heavy atom. The zero-order chi connectivity index (χ0) is 13.2. The summed E-state index contributed by atoms with van der Waals surface area (Å²) in [4.78, 5) is 22.5. The lowest BCUT2D eigenvalue weighted by Gasteiger charge is -2.29. The number of primary amides is 1. The van der Waals surface area contributed by atoms with Crippen molar-refractivity contribution in [1.29, 1.82) is 0 Å². The average molecular weight is 257 g/mol. The normalized spacial score (nSPS) is 15.7. The van der Waals surface area contributed by atoms with Crippen molar-refractivity contribution in [2.45, 2.75) is 0 Å². The van der Waals surface area contributed by atoms with Crippen molar-refractivity contribution in [3.05, 3.63) is 30.0 Å². The molecule has 1 aromatic heterocycles. The Bertz CT molecular complexity index is 621. The molecule has 0 bridgehead atoms. The number of anilines is 1. The summed E-state index contributed by atoms with van der Waals surface area (Å²) >= 11 is 0. The van der Waals surface area contributed by atoms with Gasteiger partial charge < -0.3 is 16.0 Å². The molecule has 19 heavy (non-hydrogen) atoms. The topological polar surface area (TPSA) is 84.1 Å². The lowest BCUT2D eigenvalue weighted by molar-refractivity contribution is 0.0996. The van der Waals surface area contributed by atoms with E-state index in [2.05, 4.69) is 20.2 Å². The molecule has 0 spiro atoms. The maximum absolute atomic E-state index is 11.6. The van der Waals surface area contributed by atoms with Crippen molar-refractivity contribution in [3.63, 3.8) is 0 Å². The maximum atomic E-state index is 11.6. The molecule has 0 unspecified atom stereocenters. The van der Waals surface area contributed by atoms with E-state index in [9.17, 15) is 4.79 Å². The summed E-state index contributed by atoms with van der Waals surface area (Å²) in [5, 5.41) is 3.26. The summed E-state index contributed by atoms with van der Waals surface area (Å²) in [6.07, 6.45) is 0. The van der Waals surface area contributed by atoms with E-state index in [0.717, 1.165) is 31.7 Å². The first-order valence-electron chi connectivity index (χ1n) is 6.28. The first-order valence-corrected chi connectivity index (χ1v) is 6.28. The second kappa shape index (κ2) is 4.81. The van der Waals surface area contributed by atoms with E-state index in [4.69, 9.17) is 5.73 Å². The molecule has 1 aliphatic rings. The first kappa shape index (κ1) is 11.9. The SMILES string of the molecule is NC(=O)c1nc2ccccc2nc1N1CCNCC1. The van der Waals surface area contributed by atoms with E-state index in [1.54, 1.807) is 0 Å². The van der Waals surface area contributed by atoms with Gasteiger partial charge in [0, 0.05) is 26.2 Å². The number of nitrogens with zero attached hydrogens (tertiary/aromatic N) is 3. The molecule has 2 aromatic rings.